The number of carbonyl (C=O) groups is 1. The van der Waals surface area contributed by atoms with Crippen LogP contribution in [0.4, 0.5) is 0 Å². The smallest absolute Gasteiger partial charge is 0.257 e. The number of aryl methyl sites for hydroxylation is 1. The molecule has 1 saturated heterocycles. The maximum Gasteiger partial charge on any atom is 0.257 e. The van der Waals surface area contributed by atoms with E-state index in [1.165, 1.54) is 0 Å². The molecule has 1 fully saturated rings. The first-order chi connectivity index (χ1) is 9.19. The quantitative estimate of drug-likeness (QED) is 0.869. The Morgan fingerprint density at radius 2 is 2.47 bits per heavy atom. The van der Waals surface area contributed by atoms with Gasteiger partial charge in [-0.3, -0.25) is 4.79 Å². The molecule has 0 aliphatic carbocycles. The number of carbonyl (C=O) groups excluding carboxylic acids is 1. The molecule has 1 aliphatic heterocycles. The third kappa shape index (κ3) is 2.08. The SMILES string of the molecule is CCc1noc2ncc(C(=O)N3CC[C@@H](N)C3)cc12. The van der Waals surface area contributed by atoms with Crippen molar-refractivity contribution in [2.45, 2.75) is 25.8 Å². The molecule has 1 aliphatic rings. The Morgan fingerprint density at radius 3 is 3.16 bits per heavy atom. The summed E-state index contributed by atoms with van der Waals surface area (Å²) in [6, 6.07) is 1.89. The van der Waals surface area contributed by atoms with E-state index in [2.05, 4.69) is 10.1 Å². The first kappa shape index (κ1) is 12.1. The second kappa shape index (κ2) is 4.62. The summed E-state index contributed by atoms with van der Waals surface area (Å²) in [5, 5.41) is 4.76. The Kier molecular flexibility index (Phi) is 2.94. The molecular formula is C13H16N4O2. The van der Waals surface area contributed by atoms with Gasteiger partial charge in [0.25, 0.3) is 11.6 Å². The number of likely N-dealkylation sites (tertiary alicyclic amines) is 1. The molecule has 1 atom stereocenters. The summed E-state index contributed by atoms with van der Waals surface area (Å²) in [7, 11) is 0. The summed E-state index contributed by atoms with van der Waals surface area (Å²) in [5.74, 6) is -0.0226. The summed E-state index contributed by atoms with van der Waals surface area (Å²) in [6.45, 7) is 3.31. The third-order valence-corrected chi connectivity index (χ3v) is 3.50. The van der Waals surface area contributed by atoms with Gasteiger partial charge in [-0.2, -0.15) is 0 Å². The highest BCUT2D eigenvalue weighted by Gasteiger charge is 2.25. The summed E-state index contributed by atoms with van der Waals surface area (Å²) in [5.41, 5.74) is 7.70. The van der Waals surface area contributed by atoms with Gasteiger partial charge in [0.15, 0.2) is 0 Å². The van der Waals surface area contributed by atoms with Crippen LogP contribution in [0, 0.1) is 0 Å². The van der Waals surface area contributed by atoms with Gasteiger partial charge in [-0.1, -0.05) is 12.1 Å². The number of fused-ring (bicyclic) bond motifs is 1. The van der Waals surface area contributed by atoms with Crippen molar-refractivity contribution in [1.29, 1.82) is 0 Å². The van der Waals surface area contributed by atoms with Crippen LogP contribution in [-0.2, 0) is 6.42 Å². The summed E-state index contributed by atoms with van der Waals surface area (Å²) >= 11 is 0. The fourth-order valence-electron chi connectivity index (χ4n) is 2.41. The highest BCUT2D eigenvalue weighted by Crippen LogP contribution is 2.20. The van der Waals surface area contributed by atoms with Gasteiger partial charge in [0.1, 0.15) is 0 Å². The van der Waals surface area contributed by atoms with Crippen LogP contribution in [0.5, 0.6) is 0 Å². The lowest BCUT2D eigenvalue weighted by Gasteiger charge is -2.15. The van der Waals surface area contributed by atoms with Crippen molar-refractivity contribution in [2.75, 3.05) is 13.1 Å². The Labute approximate surface area is 110 Å². The van der Waals surface area contributed by atoms with Crippen LogP contribution in [0.25, 0.3) is 11.1 Å². The molecule has 0 radical (unpaired) electrons. The van der Waals surface area contributed by atoms with E-state index in [4.69, 9.17) is 10.3 Å². The predicted octanol–water partition coefficient (Wildman–Crippen LogP) is 0.958. The molecule has 0 unspecified atom stereocenters. The number of nitrogens with zero attached hydrogens (tertiary/aromatic N) is 3. The lowest BCUT2D eigenvalue weighted by molar-refractivity contribution is 0.0790. The van der Waals surface area contributed by atoms with Crippen LogP contribution >= 0.6 is 0 Å². The van der Waals surface area contributed by atoms with Crippen molar-refractivity contribution in [1.82, 2.24) is 15.0 Å². The van der Waals surface area contributed by atoms with Gasteiger partial charge in [0.2, 0.25) is 0 Å². The zero-order valence-corrected chi connectivity index (χ0v) is 10.8. The number of hydrogen-bond donors (Lipinski definition) is 1. The van der Waals surface area contributed by atoms with Crippen molar-refractivity contribution >= 4 is 17.0 Å². The summed E-state index contributed by atoms with van der Waals surface area (Å²) in [4.78, 5) is 18.3. The first-order valence-electron chi connectivity index (χ1n) is 6.48. The van der Waals surface area contributed by atoms with E-state index in [0.717, 1.165) is 23.9 Å². The molecule has 19 heavy (non-hydrogen) atoms. The van der Waals surface area contributed by atoms with E-state index in [1.807, 2.05) is 13.0 Å². The Hall–Kier alpha value is -1.95. The van der Waals surface area contributed by atoms with Crippen LogP contribution in [0.15, 0.2) is 16.8 Å². The van der Waals surface area contributed by atoms with Gasteiger partial charge < -0.3 is 15.2 Å². The average Bonchev–Trinajstić information content (AvgIpc) is 3.03. The molecule has 0 aromatic carbocycles. The minimum Gasteiger partial charge on any atom is -0.337 e. The van der Waals surface area contributed by atoms with Crippen molar-refractivity contribution in [3.05, 3.63) is 23.5 Å². The molecule has 6 heteroatoms. The highest BCUT2D eigenvalue weighted by molar-refractivity contribution is 5.97. The first-order valence-corrected chi connectivity index (χ1v) is 6.48. The summed E-state index contributed by atoms with van der Waals surface area (Å²) < 4.78 is 5.11. The predicted molar refractivity (Wildman–Crippen MR) is 69.7 cm³/mol. The molecule has 0 spiro atoms. The molecule has 2 aromatic rings. The van der Waals surface area contributed by atoms with Crippen LogP contribution in [-0.4, -0.2) is 40.1 Å². The zero-order valence-electron chi connectivity index (χ0n) is 10.8. The molecule has 0 bridgehead atoms. The van der Waals surface area contributed by atoms with Crippen molar-refractivity contribution in [2.24, 2.45) is 5.73 Å². The molecule has 100 valence electrons. The van der Waals surface area contributed by atoms with Gasteiger partial charge in [0.05, 0.1) is 16.6 Å². The standard InChI is InChI=1S/C13H16N4O2/c1-2-11-10-5-8(6-15-12(10)19-16-11)13(18)17-4-3-9(14)7-17/h5-6,9H,2-4,7,14H2,1H3/t9-/m1/s1. The van der Waals surface area contributed by atoms with E-state index in [-0.39, 0.29) is 11.9 Å². The maximum absolute atomic E-state index is 12.3. The number of pyridine rings is 1. The van der Waals surface area contributed by atoms with Gasteiger partial charge >= 0.3 is 0 Å². The van der Waals surface area contributed by atoms with Crippen LogP contribution in [0.1, 0.15) is 29.4 Å². The normalized spacial score (nSPS) is 19.3. The molecule has 2 N–H and O–H groups in total. The van der Waals surface area contributed by atoms with Crippen molar-refractivity contribution in [3.8, 4) is 0 Å². The molecule has 1 amide bonds. The van der Waals surface area contributed by atoms with E-state index in [0.29, 0.717) is 24.4 Å². The number of nitrogens with two attached hydrogens (primary N) is 1. The van der Waals surface area contributed by atoms with E-state index >= 15 is 0 Å². The number of hydrogen-bond acceptors (Lipinski definition) is 5. The Bertz CT molecular complexity index is 622. The molecule has 6 nitrogen and oxygen atoms in total. The average molecular weight is 260 g/mol. The topological polar surface area (TPSA) is 85.2 Å². The minimum atomic E-state index is -0.0226. The summed E-state index contributed by atoms with van der Waals surface area (Å²) in [6.07, 6.45) is 3.15. The van der Waals surface area contributed by atoms with Gasteiger partial charge in [-0.05, 0) is 18.9 Å². The van der Waals surface area contributed by atoms with Gasteiger partial charge in [-0.25, -0.2) is 4.98 Å². The second-order valence-corrected chi connectivity index (χ2v) is 4.86. The van der Waals surface area contributed by atoms with E-state index in [1.54, 1.807) is 11.1 Å². The van der Waals surface area contributed by atoms with E-state index in [9.17, 15) is 4.79 Å². The maximum atomic E-state index is 12.3. The minimum absolute atomic E-state index is 0.0226. The molecule has 0 saturated carbocycles. The molecule has 3 heterocycles. The molecule has 2 aromatic heterocycles. The largest absolute Gasteiger partial charge is 0.337 e. The van der Waals surface area contributed by atoms with Crippen LogP contribution in [0.2, 0.25) is 0 Å². The second-order valence-electron chi connectivity index (χ2n) is 4.86. The zero-order chi connectivity index (χ0) is 13.4. The fraction of sp³-hybridized carbons (Fsp3) is 0.462. The van der Waals surface area contributed by atoms with Crippen molar-refractivity contribution < 1.29 is 9.32 Å². The van der Waals surface area contributed by atoms with Gasteiger partial charge in [0, 0.05) is 25.3 Å². The monoisotopic (exact) mass is 260 g/mol. The van der Waals surface area contributed by atoms with Crippen LogP contribution < -0.4 is 5.73 Å². The van der Waals surface area contributed by atoms with Crippen LogP contribution in [0.3, 0.4) is 0 Å². The lowest BCUT2D eigenvalue weighted by Crippen LogP contribution is -2.31. The Balaban J connectivity index is 1.94. The third-order valence-electron chi connectivity index (χ3n) is 3.50. The fourth-order valence-corrected chi connectivity index (χ4v) is 2.41. The number of amides is 1. The number of rotatable bonds is 2. The Morgan fingerprint density at radius 1 is 1.63 bits per heavy atom. The molecule has 3 rings (SSSR count). The molecular weight excluding hydrogens is 244 g/mol. The van der Waals surface area contributed by atoms with Crippen molar-refractivity contribution in [3.63, 3.8) is 0 Å². The number of aromatic nitrogens is 2. The van der Waals surface area contributed by atoms with Gasteiger partial charge in [-0.15, -0.1) is 0 Å². The highest BCUT2D eigenvalue weighted by atomic mass is 16.5. The van der Waals surface area contributed by atoms with E-state index < -0.39 is 0 Å². The lowest BCUT2D eigenvalue weighted by atomic mass is 10.1.